The Morgan fingerprint density at radius 3 is 2.44 bits per heavy atom. The molecule has 16 heavy (non-hydrogen) atoms. The fourth-order valence-electron chi connectivity index (χ4n) is 1.20. The van der Waals surface area contributed by atoms with Gasteiger partial charge in [-0.25, -0.2) is 4.79 Å². The van der Waals surface area contributed by atoms with E-state index in [-0.39, 0.29) is 0 Å². The highest BCUT2D eigenvalue weighted by atomic mass is 16.6. The van der Waals surface area contributed by atoms with Gasteiger partial charge in [0.15, 0.2) is 5.60 Å². The van der Waals surface area contributed by atoms with Crippen LogP contribution in [0.4, 0.5) is 0 Å². The number of rotatable bonds is 3. The Labute approximate surface area is 95.9 Å². The van der Waals surface area contributed by atoms with Crippen LogP contribution in [-0.4, -0.2) is 5.97 Å². The summed E-state index contributed by atoms with van der Waals surface area (Å²) in [5.41, 5.74) is 0.0570. The van der Waals surface area contributed by atoms with Crippen LogP contribution in [0.5, 0.6) is 0 Å². The lowest BCUT2D eigenvalue weighted by molar-refractivity contribution is -0.148. The molecule has 0 fully saturated rings. The van der Waals surface area contributed by atoms with Crippen LogP contribution in [0.15, 0.2) is 42.5 Å². The van der Waals surface area contributed by atoms with E-state index in [4.69, 9.17) is 11.2 Å². The van der Waals surface area contributed by atoms with Gasteiger partial charge in [-0.1, -0.05) is 42.8 Å². The van der Waals surface area contributed by atoms with Crippen molar-refractivity contribution in [2.24, 2.45) is 0 Å². The minimum atomic E-state index is -1.04. The molecule has 2 nitrogen and oxygen atoms in total. The third-order valence-electron chi connectivity index (χ3n) is 2.25. The van der Waals surface area contributed by atoms with Gasteiger partial charge in [0.2, 0.25) is 0 Å². The van der Waals surface area contributed by atoms with E-state index in [1.165, 1.54) is 0 Å². The molecule has 0 N–H and O–H groups in total. The molecule has 0 saturated carbocycles. The van der Waals surface area contributed by atoms with Crippen LogP contribution in [0.2, 0.25) is 0 Å². The van der Waals surface area contributed by atoms with Crippen molar-refractivity contribution in [2.45, 2.75) is 19.4 Å². The standard InChI is InChI=1S/C14H14O2/c1-5-14(4,16-13(15)11(2)3)12-9-7-6-8-10-12/h1,6-10H,2H2,3-4H3. The minimum Gasteiger partial charge on any atom is -0.438 e. The summed E-state index contributed by atoms with van der Waals surface area (Å²) in [5, 5.41) is 0. The van der Waals surface area contributed by atoms with E-state index in [2.05, 4.69) is 12.5 Å². The van der Waals surface area contributed by atoms with E-state index < -0.39 is 11.6 Å². The summed E-state index contributed by atoms with van der Waals surface area (Å²) < 4.78 is 5.26. The Balaban J connectivity index is 3.01. The number of esters is 1. The fourth-order valence-corrected chi connectivity index (χ4v) is 1.20. The molecule has 1 atom stereocenters. The maximum atomic E-state index is 11.5. The monoisotopic (exact) mass is 214 g/mol. The third-order valence-corrected chi connectivity index (χ3v) is 2.25. The Morgan fingerprint density at radius 1 is 1.44 bits per heavy atom. The van der Waals surface area contributed by atoms with Crippen molar-refractivity contribution in [1.29, 1.82) is 0 Å². The molecule has 82 valence electrons. The summed E-state index contributed by atoms with van der Waals surface area (Å²) in [5.74, 6) is 2.01. The third kappa shape index (κ3) is 2.52. The molecule has 0 aliphatic heterocycles. The summed E-state index contributed by atoms with van der Waals surface area (Å²) in [6, 6.07) is 9.22. The maximum absolute atomic E-state index is 11.5. The maximum Gasteiger partial charge on any atom is 0.334 e. The zero-order chi connectivity index (χ0) is 12.2. The number of benzene rings is 1. The zero-order valence-electron chi connectivity index (χ0n) is 9.49. The summed E-state index contributed by atoms with van der Waals surface area (Å²) in [4.78, 5) is 11.5. The second-order valence-electron chi connectivity index (χ2n) is 3.71. The number of terminal acetylenes is 1. The number of hydrogen-bond acceptors (Lipinski definition) is 2. The molecule has 2 heteroatoms. The molecule has 0 saturated heterocycles. The number of carbonyl (C=O) groups is 1. The van der Waals surface area contributed by atoms with Gasteiger partial charge in [0.25, 0.3) is 0 Å². The molecule has 0 aromatic heterocycles. The minimum absolute atomic E-state index is 0.331. The predicted octanol–water partition coefficient (Wildman–Crippen LogP) is 2.65. The number of hydrogen-bond donors (Lipinski definition) is 0. The summed E-state index contributed by atoms with van der Waals surface area (Å²) >= 11 is 0. The summed E-state index contributed by atoms with van der Waals surface area (Å²) in [6.45, 7) is 6.80. The van der Waals surface area contributed by atoms with Gasteiger partial charge in [0, 0.05) is 11.1 Å². The van der Waals surface area contributed by atoms with Gasteiger partial charge in [-0.05, 0) is 13.8 Å². The molecule has 1 aromatic rings. The highest BCUT2D eigenvalue weighted by Crippen LogP contribution is 2.25. The Hall–Kier alpha value is -2.01. The second kappa shape index (κ2) is 4.67. The van der Waals surface area contributed by atoms with Crippen molar-refractivity contribution < 1.29 is 9.53 Å². The Morgan fingerprint density at radius 2 is 2.00 bits per heavy atom. The van der Waals surface area contributed by atoms with Crippen LogP contribution in [0.3, 0.4) is 0 Å². The molecule has 0 amide bonds. The number of carbonyl (C=O) groups excluding carboxylic acids is 1. The van der Waals surface area contributed by atoms with Crippen molar-refractivity contribution in [3.8, 4) is 12.3 Å². The van der Waals surface area contributed by atoms with Crippen molar-refractivity contribution in [1.82, 2.24) is 0 Å². The van der Waals surface area contributed by atoms with Crippen LogP contribution < -0.4 is 0 Å². The molecule has 1 aromatic carbocycles. The lowest BCUT2D eigenvalue weighted by Crippen LogP contribution is -2.27. The van der Waals surface area contributed by atoms with Crippen molar-refractivity contribution in [3.63, 3.8) is 0 Å². The number of ether oxygens (including phenoxy) is 1. The largest absolute Gasteiger partial charge is 0.438 e. The average molecular weight is 214 g/mol. The molecular weight excluding hydrogens is 200 g/mol. The molecule has 0 radical (unpaired) electrons. The van der Waals surface area contributed by atoms with Gasteiger partial charge < -0.3 is 4.74 Å². The Kier molecular flexibility index (Phi) is 3.52. The SMILES string of the molecule is C#CC(C)(OC(=O)C(=C)C)c1ccccc1. The molecule has 1 unspecified atom stereocenters. The smallest absolute Gasteiger partial charge is 0.334 e. The van der Waals surface area contributed by atoms with E-state index in [9.17, 15) is 4.79 Å². The molecular formula is C14H14O2. The average Bonchev–Trinajstić information content (AvgIpc) is 2.29. The van der Waals surface area contributed by atoms with E-state index in [1.807, 2.05) is 30.3 Å². The van der Waals surface area contributed by atoms with Gasteiger partial charge in [-0.2, -0.15) is 0 Å². The van der Waals surface area contributed by atoms with Crippen LogP contribution in [0.25, 0.3) is 0 Å². The zero-order valence-corrected chi connectivity index (χ0v) is 9.49. The molecule has 0 bridgehead atoms. The molecule has 0 heterocycles. The van der Waals surface area contributed by atoms with Crippen molar-refractivity contribution >= 4 is 5.97 Å². The van der Waals surface area contributed by atoms with Gasteiger partial charge >= 0.3 is 5.97 Å². The molecule has 0 aliphatic rings. The highest BCUT2D eigenvalue weighted by Gasteiger charge is 2.28. The lowest BCUT2D eigenvalue weighted by Gasteiger charge is -2.24. The van der Waals surface area contributed by atoms with Gasteiger partial charge in [0.05, 0.1) is 0 Å². The van der Waals surface area contributed by atoms with Crippen LogP contribution >= 0.6 is 0 Å². The first-order chi connectivity index (χ1) is 7.49. The van der Waals surface area contributed by atoms with Crippen molar-refractivity contribution in [3.05, 3.63) is 48.0 Å². The molecule has 0 aliphatic carbocycles. The van der Waals surface area contributed by atoms with Gasteiger partial charge in [-0.15, -0.1) is 6.42 Å². The van der Waals surface area contributed by atoms with Crippen LogP contribution in [0.1, 0.15) is 19.4 Å². The Bertz CT molecular complexity index is 440. The van der Waals surface area contributed by atoms with Gasteiger partial charge in [-0.3, -0.25) is 0 Å². The second-order valence-corrected chi connectivity index (χ2v) is 3.71. The lowest BCUT2D eigenvalue weighted by atomic mass is 9.97. The van der Waals surface area contributed by atoms with Crippen LogP contribution in [0, 0.1) is 12.3 Å². The van der Waals surface area contributed by atoms with E-state index >= 15 is 0 Å². The highest BCUT2D eigenvalue weighted by molar-refractivity contribution is 5.87. The van der Waals surface area contributed by atoms with E-state index in [0.29, 0.717) is 5.57 Å². The molecule has 0 spiro atoms. The molecule has 1 rings (SSSR count). The normalized spacial score (nSPS) is 13.3. The topological polar surface area (TPSA) is 26.3 Å². The first-order valence-corrected chi connectivity index (χ1v) is 4.92. The predicted molar refractivity (Wildman–Crippen MR) is 63.5 cm³/mol. The van der Waals surface area contributed by atoms with E-state index in [1.54, 1.807) is 13.8 Å². The van der Waals surface area contributed by atoms with Gasteiger partial charge in [0.1, 0.15) is 0 Å². The first kappa shape index (κ1) is 12.1. The fraction of sp³-hybridized carbons (Fsp3) is 0.214. The summed E-state index contributed by atoms with van der Waals surface area (Å²) in [7, 11) is 0. The van der Waals surface area contributed by atoms with Crippen LogP contribution in [-0.2, 0) is 15.1 Å². The van der Waals surface area contributed by atoms with Crippen molar-refractivity contribution in [2.75, 3.05) is 0 Å². The quantitative estimate of drug-likeness (QED) is 0.439. The van der Waals surface area contributed by atoms with E-state index in [0.717, 1.165) is 5.56 Å². The summed E-state index contributed by atoms with van der Waals surface area (Å²) in [6.07, 6.45) is 5.43. The first-order valence-electron chi connectivity index (χ1n) is 4.92.